The second kappa shape index (κ2) is 11.4. The molecule has 0 fully saturated rings. The number of hydrogen-bond acceptors (Lipinski definition) is 5. The van der Waals surface area contributed by atoms with E-state index >= 15 is 0 Å². The first-order valence-corrected chi connectivity index (χ1v) is 12.4. The Morgan fingerprint density at radius 3 is 2.08 bits per heavy atom. The van der Waals surface area contributed by atoms with Crippen LogP contribution in [0.4, 0.5) is 13.2 Å². The van der Waals surface area contributed by atoms with Gasteiger partial charge in [-0.3, -0.25) is 4.79 Å². The molecule has 0 heterocycles. The zero-order chi connectivity index (χ0) is 29.1. The number of carbonyl (C=O) groups excluding carboxylic acids is 1. The summed E-state index contributed by atoms with van der Waals surface area (Å²) in [5, 5.41) is 19.7. The van der Waals surface area contributed by atoms with Gasteiger partial charge >= 0.3 is 18.1 Å². The van der Waals surface area contributed by atoms with Crippen molar-refractivity contribution in [3.05, 3.63) is 82.4 Å². The number of rotatable bonds is 8. The van der Waals surface area contributed by atoms with Crippen LogP contribution >= 0.6 is 0 Å². The number of phenols is 1. The second-order valence-electron chi connectivity index (χ2n) is 10.1. The van der Waals surface area contributed by atoms with Crippen molar-refractivity contribution in [3.63, 3.8) is 0 Å². The fourth-order valence-electron chi connectivity index (χ4n) is 4.09. The molecule has 0 saturated carbocycles. The number of ether oxygens (including phenoxy) is 2. The van der Waals surface area contributed by atoms with Crippen molar-refractivity contribution in [1.29, 1.82) is 0 Å². The number of aryl methyl sites for hydroxylation is 1. The molecule has 0 aromatic heterocycles. The number of alkyl halides is 3. The smallest absolute Gasteiger partial charge is 0.419 e. The van der Waals surface area contributed by atoms with E-state index in [1.807, 2.05) is 25.1 Å². The molecule has 39 heavy (non-hydrogen) atoms. The second-order valence-corrected chi connectivity index (χ2v) is 10.1. The Labute approximate surface area is 225 Å². The molecule has 9 heteroatoms. The minimum absolute atomic E-state index is 0.0366. The average Bonchev–Trinajstić information content (AvgIpc) is 2.85. The molecule has 3 aromatic carbocycles. The van der Waals surface area contributed by atoms with Gasteiger partial charge in [0.15, 0.2) is 0 Å². The average molecular weight is 545 g/mol. The van der Waals surface area contributed by atoms with Crippen molar-refractivity contribution in [3.8, 4) is 22.6 Å². The van der Waals surface area contributed by atoms with Gasteiger partial charge in [-0.15, -0.1) is 0 Å². The maximum Gasteiger partial charge on any atom is 0.419 e. The predicted molar refractivity (Wildman–Crippen MR) is 140 cm³/mol. The summed E-state index contributed by atoms with van der Waals surface area (Å²) in [6, 6.07) is 14.3. The lowest BCUT2D eigenvalue weighted by molar-refractivity contribution is -0.139. The lowest BCUT2D eigenvalue weighted by atomic mass is 9.91. The van der Waals surface area contributed by atoms with E-state index in [2.05, 4.69) is 0 Å². The number of carboxylic acids is 1. The molecule has 0 bridgehead atoms. The maximum absolute atomic E-state index is 13.4. The molecule has 0 aliphatic carbocycles. The van der Waals surface area contributed by atoms with Gasteiger partial charge < -0.3 is 19.7 Å². The van der Waals surface area contributed by atoms with Crippen molar-refractivity contribution < 1.29 is 42.4 Å². The summed E-state index contributed by atoms with van der Waals surface area (Å²) in [4.78, 5) is 24.1. The molecular weight excluding hydrogens is 513 g/mol. The minimum atomic E-state index is -4.86. The van der Waals surface area contributed by atoms with E-state index in [-0.39, 0.29) is 12.2 Å². The highest BCUT2D eigenvalue weighted by molar-refractivity contribution is 5.95. The topological polar surface area (TPSA) is 93.1 Å². The van der Waals surface area contributed by atoms with Crippen molar-refractivity contribution in [1.82, 2.24) is 0 Å². The molecule has 1 atom stereocenters. The highest BCUT2D eigenvalue weighted by Crippen LogP contribution is 2.40. The van der Waals surface area contributed by atoms with E-state index in [1.54, 1.807) is 52.0 Å². The molecule has 208 valence electrons. The van der Waals surface area contributed by atoms with Crippen LogP contribution in [-0.2, 0) is 28.7 Å². The molecule has 3 aromatic rings. The first-order valence-electron chi connectivity index (χ1n) is 12.4. The van der Waals surface area contributed by atoms with Gasteiger partial charge in [0.1, 0.15) is 29.3 Å². The first-order chi connectivity index (χ1) is 18.1. The monoisotopic (exact) mass is 544 g/mol. The Balaban J connectivity index is 1.85. The van der Waals surface area contributed by atoms with E-state index in [1.165, 1.54) is 0 Å². The Hall–Kier alpha value is -4.01. The van der Waals surface area contributed by atoms with Gasteiger partial charge in [0.25, 0.3) is 0 Å². The number of aliphatic carboxylic acids is 1. The van der Waals surface area contributed by atoms with Crippen LogP contribution in [-0.4, -0.2) is 27.8 Å². The third-order valence-corrected chi connectivity index (χ3v) is 6.12. The van der Waals surface area contributed by atoms with Crippen molar-refractivity contribution in [2.45, 2.75) is 65.3 Å². The van der Waals surface area contributed by atoms with Crippen LogP contribution in [0.5, 0.6) is 11.5 Å². The number of benzene rings is 3. The molecule has 0 aliphatic heterocycles. The summed E-state index contributed by atoms with van der Waals surface area (Å²) in [7, 11) is 0. The number of aromatic hydroxyl groups is 1. The third-order valence-electron chi connectivity index (χ3n) is 6.12. The summed E-state index contributed by atoms with van der Waals surface area (Å²) >= 11 is 0. The van der Waals surface area contributed by atoms with Gasteiger partial charge in [0.2, 0.25) is 0 Å². The van der Waals surface area contributed by atoms with Gasteiger partial charge in [0, 0.05) is 5.56 Å². The highest BCUT2D eigenvalue weighted by atomic mass is 19.4. The molecule has 2 N–H and O–H groups in total. The van der Waals surface area contributed by atoms with Crippen LogP contribution in [0.2, 0.25) is 0 Å². The summed E-state index contributed by atoms with van der Waals surface area (Å²) in [5.41, 5.74) is 0.537. The number of phenolic OH excluding ortho intramolecular Hbond substituents is 1. The standard InChI is InChI=1S/C30H31F3O6/c1-6-18-15-20(9-13-23(18)17(2)27(35)36)19-7-11-22(12-8-19)38-16-21-10-14-24(30(31,32)33)26(34)25(21)28(37)39-29(3,4)5/h7-15,17,34H,6,16H2,1-5H3,(H,35,36). The van der Waals surface area contributed by atoms with E-state index in [0.717, 1.165) is 28.3 Å². The Morgan fingerprint density at radius 2 is 1.54 bits per heavy atom. The Morgan fingerprint density at radius 1 is 0.923 bits per heavy atom. The molecule has 0 aliphatic rings. The van der Waals surface area contributed by atoms with E-state index in [9.17, 15) is 33.0 Å². The third kappa shape index (κ3) is 7.10. The van der Waals surface area contributed by atoms with Gasteiger partial charge in [-0.25, -0.2) is 4.79 Å². The predicted octanol–water partition coefficient (Wildman–Crippen LogP) is 7.36. The molecule has 0 radical (unpaired) electrons. The number of carbonyl (C=O) groups is 2. The van der Waals surface area contributed by atoms with Crippen molar-refractivity contribution in [2.75, 3.05) is 0 Å². The van der Waals surface area contributed by atoms with Crippen LogP contribution < -0.4 is 4.74 Å². The molecule has 6 nitrogen and oxygen atoms in total. The molecule has 0 amide bonds. The molecule has 1 unspecified atom stereocenters. The lowest BCUT2D eigenvalue weighted by Crippen LogP contribution is -2.25. The largest absolute Gasteiger partial charge is 0.506 e. The number of halogens is 3. The molecular formula is C30H31F3O6. The minimum Gasteiger partial charge on any atom is -0.506 e. The zero-order valence-corrected chi connectivity index (χ0v) is 22.3. The Bertz CT molecular complexity index is 1350. The van der Waals surface area contributed by atoms with Crippen molar-refractivity contribution >= 4 is 11.9 Å². The Kier molecular flexibility index (Phi) is 8.63. The maximum atomic E-state index is 13.4. The van der Waals surface area contributed by atoms with Crippen molar-refractivity contribution in [2.24, 2.45) is 0 Å². The SMILES string of the molecule is CCc1cc(-c2ccc(OCc3ccc(C(F)(F)F)c(O)c3C(=O)OC(C)(C)C)cc2)ccc1C(C)C(=O)O. The van der Waals surface area contributed by atoms with E-state index < -0.39 is 46.5 Å². The first kappa shape index (κ1) is 29.5. The number of esters is 1. The van der Waals surface area contributed by atoms with Crippen LogP contribution in [0.1, 0.15) is 73.1 Å². The van der Waals surface area contributed by atoms with Gasteiger partial charge in [0.05, 0.1) is 11.5 Å². The van der Waals surface area contributed by atoms with Gasteiger partial charge in [-0.2, -0.15) is 13.2 Å². The normalized spacial score (nSPS) is 12.6. The van der Waals surface area contributed by atoms with Crippen LogP contribution in [0.15, 0.2) is 54.6 Å². The summed E-state index contributed by atoms with van der Waals surface area (Å²) in [6.07, 6.45) is -4.19. The van der Waals surface area contributed by atoms with Crippen LogP contribution in [0.3, 0.4) is 0 Å². The van der Waals surface area contributed by atoms with Gasteiger partial charge in [-0.05, 0) is 74.6 Å². The fourth-order valence-corrected chi connectivity index (χ4v) is 4.09. The number of carboxylic acid groups (broad SMARTS) is 1. The quantitative estimate of drug-likeness (QED) is 0.288. The lowest BCUT2D eigenvalue weighted by Gasteiger charge is -2.22. The summed E-state index contributed by atoms with van der Waals surface area (Å²) in [5.74, 6) is -3.43. The summed E-state index contributed by atoms with van der Waals surface area (Å²) < 4.78 is 51.1. The highest BCUT2D eigenvalue weighted by Gasteiger charge is 2.37. The molecule has 3 rings (SSSR count). The molecule has 0 spiro atoms. The van der Waals surface area contributed by atoms with E-state index in [4.69, 9.17) is 9.47 Å². The fraction of sp³-hybridized carbons (Fsp3) is 0.333. The van der Waals surface area contributed by atoms with Crippen LogP contribution in [0, 0.1) is 0 Å². The van der Waals surface area contributed by atoms with E-state index in [0.29, 0.717) is 18.2 Å². The molecule has 0 saturated heterocycles. The zero-order valence-electron chi connectivity index (χ0n) is 22.3. The summed E-state index contributed by atoms with van der Waals surface area (Å²) in [6.45, 7) is 8.01. The number of hydrogen-bond donors (Lipinski definition) is 2. The van der Waals surface area contributed by atoms with Crippen LogP contribution in [0.25, 0.3) is 11.1 Å². The van der Waals surface area contributed by atoms with Gasteiger partial charge in [-0.1, -0.05) is 43.3 Å².